The van der Waals surface area contributed by atoms with Crippen molar-refractivity contribution in [2.24, 2.45) is 5.92 Å². The minimum atomic E-state index is -0.577. The summed E-state index contributed by atoms with van der Waals surface area (Å²) in [6.07, 6.45) is 0.627. The van der Waals surface area contributed by atoms with Crippen molar-refractivity contribution in [3.63, 3.8) is 0 Å². The van der Waals surface area contributed by atoms with Crippen molar-refractivity contribution in [1.29, 1.82) is 0 Å². The fraction of sp³-hybridized carbons (Fsp3) is 0.190. The Kier molecular flexibility index (Phi) is 10.1. The first-order chi connectivity index (χ1) is 25.5. The summed E-state index contributed by atoms with van der Waals surface area (Å²) >= 11 is 3.42. The predicted molar refractivity (Wildman–Crippen MR) is 206 cm³/mol. The Morgan fingerprint density at radius 3 is 2.31 bits per heavy atom. The van der Waals surface area contributed by atoms with Gasteiger partial charge in [0.25, 0.3) is 5.91 Å². The zero-order valence-electron chi connectivity index (χ0n) is 28.4. The van der Waals surface area contributed by atoms with E-state index >= 15 is 0 Å². The Balaban J connectivity index is 1.00. The number of nitrogens with one attached hydrogen (secondary N) is 1. The molecule has 8 rings (SSSR count). The summed E-state index contributed by atoms with van der Waals surface area (Å²) < 4.78 is 15.6. The van der Waals surface area contributed by atoms with E-state index in [1.165, 1.54) is 10.9 Å². The fourth-order valence-electron chi connectivity index (χ4n) is 6.48. The molecule has 260 valence electrons. The number of amides is 1. The van der Waals surface area contributed by atoms with Crippen LogP contribution in [0.25, 0.3) is 32.4 Å². The molecule has 0 bridgehead atoms. The van der Waals surface area contributed by atoms with Crippen LogP contribution in [0.5, 0.6) is 0 Å². The van der Waals surface area contributed by atoms with Crippen molar-refractivity contribution in [3.05, 3.63) is 155 Å². The Morgan fingerprint density at radius 1 is 0.808 bits per heavy atom. The average Bonchev–Trinajstić information content (AvgIpc) is 3.63. The van der Waals surface area contributed by atoms with Crippen molar-refractivity contribution in [2.75, 3.05) is 5.75 Å². The highest BCUT2D eigenvalue weighted by atomic mass is 32.2. The second kappa shape index (κ2) is 15.3. The highest BCUT2D eigenvalue weighted by Crippen LogP contribution is 2.44. The van der Waals surface area contributed by atoms with Crippen LogP contribution < -0.4 is 5.32 Å². The number of hydrogen-bond acceptors (Lipinski definition) is 9. The summed E-state index contributed by atoms with van der Waals surface area (Å²) in [5, 5.41) is 12.6. The second-order valence-electron chi connectivity index (χ2n) is 12.8. The normalized spacial score (nSPS) is 18.8. The molecular formula is C42H36N4O4S2. The van der Waals surface area contributed by atoms with E-state index < -0.39 is 6.29 Å². The SMILES string of the molecule is C[C@H]1[C@@H](CSc2nc3ccccc3s2)O[C@@H](c2ccc(-c3ccccc3CNC(=O)c3cnc4ccccc4n3)cc2)O[C@H]1c1ccc(CO)cc1. The standard InChI is InChI=1S/C42H36N4O4S2/c1-26-37(25-51-42-46-35-12-6-7-13-38(35)52-42)49-41(50-39(26)29-16-14-27(24-47)15-17-29)30-20-18-28(19-21-30)32-9-3-2-8-31(32)22-44-40(48)36-23-43-33-10-4-5-11-34(33)45-36/h2-21,23,26,37,39,41,47H,22,24-25H2,1H3,(H,44,48)/t26-,37+,39+,41+/m0/s1. The smallest absolute Gasteiger partial charge is 0.271 e. The molecule has 10 heteroatoms. The summed E-state index contributed by atoms with van der Waals surface area (Å²) in [5.74, 6) is 0.523. The average molecular weight is 725 g/mol. The van der Waals surface area contributed by atoms with Gasteiger partial charge in [0.05, 0.1) is 46.3 Å². The molecule has 52 heavy (non-hydrogen) atoms. The molecule has 1 saturated heterocycles. The van der Waals surface area contributed by atoms with Crippen LogP contribution in [0.4, 0.5) is 0 Å². The molecule has 0 spiro atoms. The lowest BCUT2D eigenvalue weighted by molar-refractivity contribution is -0.268. The van der Waals surface area contributed by atoms with Crippen molar-refractivity contribution >= 4 is 50.3 Å². The number of aromatic nitrogens is 3. The second-order valence-corrected chi connectivity index (χ2v) is 15.1. The minimum Gasteiger partial charge on any atom is -0.392 e. The van der Waals surface area contributed by atoms with E-state index in [4.69, 9.17) is 14.5 Å². The number of aliphatic hydroxyl groups is 1. The molecule has 0 radical (unpaired) electrons. The molecule has 0 aliphatic carbocycles. The number of ether oxygens (including phenoxy) is 2. The summed E-state index contributed by atoms with van der Waals surface area (Å²) in [5.41, 5.74) is 8.57. The van der Waals surface area contributed by atoms with Crippen LogP contribution in [0, 0.1) is 5.92 Å². The number of fused-ring (bicyclic) bond motifs is 2. The van der Waals surface area contributed by atoms with Gasteiger partial charge < -0.3 is 19.9 Å². The minimum absolute atomic E-state index is 0.00445. The van der Waals surface area contributed by atoms with Crippen molar-refractivity contribution in [1.82, 2.24) is 20.3 Å². The third-order valence-corrected chi connectivity index (χ3v) is 11.7. The lowest BCUT2D eigenvalue weighted by Gasteiger charge is -2.41. The van der Waals surface area contributed by atoms with Gasteiger partial charge in [0.1, 0.15) is 5.69 Å². The van der Waals surface area contributed by atoms with E-state index in [0.29, 0.717) is 12.1 Å². The number of carbonyl (C=O) groups is 1. The molecule has 3 heterocycles. The van der Waals surface area contributed by atoms with Crippen molar-refractivity contribution < 1.29 is 19.4 Å². The Labute approximate surface area is 309 Å². The molecule has 2 aromatic heterocycles. The zero-order valence-corrected chi connectivity index (χ0v) is 30.0. The lowest BCUT2D eigenvalue weighted by Crippen LogP contribution is -2.38. The van der Waals surface area contributed by atoms with Gasteiger partial charge in [-0.1, -0.05) is 116 Å². The first-order valence-electron chi connectivity index (χ1n) is 17.2. The Hall–Kier alpha value is -4.97. The largest absolute Gasteiger partial charge is 0.392 e. The first kappa shape index (κ1) is 34.1. The topological polar surface area (TPSA) is 106 Å². The van der Waals surface area contributed by atoms with Crippen LogP contribution in [-0.2, 0) is 22.6 Å². The number of rotatable bonds is 10. The third kappa shape index (κ3) is 7.34. The van der Waals surface area contributed by atoms with E-state index in [-0.39, 0.29) is 36.3 Å². The van der Waals surface area contributed by atoms with Crippen LogP contribution in [-0.4, -0.2) is 37.8 Å². The van der Waals surface area contributed by atoms with E-state index in [0.717, 1.165) is 54.5 Å². The summed E-state index contributed by atoms with van der Waals surface area (Å²) in [7, 11) is 0. The van der Waals surface area contributed by atoms with Gasteiger partial charge in [0, 0.05) is 23.8 Å². The molecule has 1 fully saturated rings. The van der Waals surface area contributed by atoms with Gasteiger partial charge in [0.15, 0.2) is 10.6 Å². The fourth-order valence-corrected chi connectivity index (χ4v) is 8.74. The molecule has 8 nitrogen and oxygen atoms in total. The van der Waals surface area contributed by atoms with Crippen LogP contribution in [0.15, 0.2) is 132 Å². The highest BCUT2D eigenvalue weighted by Gasteiger charge is 2.38. The Bertz CT molecular complexity index is 2300. The molecule has 1 amide bonds. The maximum atomic E-state index is 13.1. The molecule has 4 atom stereocenters. The zero-order chi connectivity index (χ0) is 35.4. The van der Waals surface area contributed by atoms with Crippen LogP contribution in [0.3, 0.4) is 0 Å². The molecular weight excluding hydrogens is 689 g/mol. The number of thiazole rings is 1. The summed E-state index contributed by atoms with van der Waals surface area (Å²) in [6.45, 7) is 2.51. The number of nitrogens with zero attached hydrogens (tertiary/aromatic N) is 3. The maximum Gasteiger partial charge on any atom is 0.271 e. The number of thioether (sulfide) groups is 1. The predicted octanol–water partition coefficient (Wildman–Crippen LogP) is 8.91. The monoisotopic (exact) mass is 724 g/mol. The van der Waals surface area contributed by atoms with Crippen molar-refractivity contribution in [3.8, 4) is 11.1 Å². The highest BCUT2D eigenvalue weighted by molar-refractivity contribution is 8.01. The van der Waals surface area contributed by atoms with Gasteiger partial charge in [-0.3, -0.25) is 9.78 Å². The van der Waals surface area contributed by atoms with Gasteiger partial charge in [-0.2, -0.15) is 0 Å². The summed E-state index contributed by atoms with van der Waals surface area (Å²) in [4.78, 5) is 26.8. The quantitative estimate of drug-likeness (QED) is 0.135. The summed E-state index contributed by atoms with van der Waals surface area (Å²) in [6, 6.07) is 40.0. The van der Waals surface area contributed by atoms with E-state index in [9.17, 15) is 9.90 Å². The molecule has 2 N–H and O–H groups in total. The van der Waals surface area contributed by atoms with Crippen molar-refractivity contribution in [2.45, 2.75) is 42.9 Å². The third-order valence-electron chi connectivity index (χ3n) is 9.40. The molecule has 5 aromatic carbocycles. The number of benzene rings is 5. The van der Waals surface area contributed by atoms with Crippen LogP contribution in [0.1, 0.15) is 52.1 Å². The number of carbonyl (C=O) groups excluding carboxylic acids is 1. The molecule has 1 aliphatic heterocycles. The van der Waals surface area contributed by atoms with Gasteiger partial charge in [-0.25, -0.2) is 9.97 Å². The molecule has 1 aliphatic rings. The molecule has 0 saturated carbocycles. The van der Waals surface area contributed by atoms with Crippen LogP contribution >= 0.6 is 23.1 Å². The lowest BCUT2D eigenvalue weighted by atomic mass is 9.91. The van der Waals surface area contributed by atoms with Gasteiger partial charge in [-0.05, 0) is 52.1 Å². The van der Waals surface area contributed by atoms with E-state index in [1.54, 1.807) is 23.1 Å². The van der Waals surface area contributed by atoms with Gasteiger partial charge >= 0.3 is 0 Å². The Morgan fingerprint density at radius 2 is 1.52 bits per heavy atom. The van der Waals surface area contributed by atoms with Crippen LogP contribution in [0.2, 0.25) is 0 Å². The molecule has 7 aromatic rings. The molecule has 0 unspecified atom stereocenters. The van der Waals surface area contributed by atoms with E-state index in [2.05, 4.69) is 58.6 Å². The number of aliphatic hydroxyl groups excluding tert-OH is 1. The van der Waals surface area contributed by atoms with E-state index in [1.807, 2.05) is 84.9 Å². The van der Waals surface area contributed by atoms with Gasteiger partial charge in [0.2, 0.25) is 0 Å². The van der Waals surface area contributed by atoms with Gasteiger partial charge in [-0.15, -0.1) is 11.3 Å². The number of para-hydroxylation sites is 3. The number of hydrogen-bond donors (Lipinski definition) is 2. The first-order valence-corrected chi connectivity index (χ1v) is 19.0. The maximum absolute atomic E-state index is 13.1.